The third-order valence-electron chi connectivity index (χ3n) is 4.64. The second-order valence-corrected chi connectivity index (χ2v) is 10.7. The predicted molar refractivity (Wildman–Crippen MR) is 92.4 cm³/mol. The predicted octanol–water partition coefficient (Wildman–Crippen LogP) is 4.26. The van der Waals surface area contributed by atoms with E-state index in [1.807, 2.05) is 0 Å². The van der Waals surface area contributed by atoms with Crippen LogP contribution in [0.4, 0.5) is 0 Å². The maximum atomic E-state index is 11.9. The van der Waals surface area contributed by atoms with E-state index in [1.165, 1.54) is 19.3 Å². The van der Waals surface area contributed by atoms with Gasteiger partial charge in [-0.05, 0) is 0 Å². The average molecular weight is 304 g/mol. The van der Waals surface area contributed by atoms with Crippen molar-refractivity contribution < 1.29 is 4.89 Å². The van der Waals surface area contributed by atoms with Crippen molar-refractivity contribution in [3.63, 3.8) is 0 Å². The van der Waals surface area contributed by atoms with E-state index in [9.17, 15) is 4.89 Å². The fraction of sp³-hybridized carbons (Fsp3) is 1.00. The standard InChI is InChI=1S/C16H37N2OP/c1-12(2)17(13(3)4)20(19,16-10-9-11-16)18(14(5)6)15(7)8/h12-16,19-20H,9-11H2,1-8H3. The van der Waals surface area contributed by atoms with E-state index in [2.05, 4.69) is 64.7 Å². The van der Waals surface area contributed by atoms with Gasteiger partial charge in [0.2, 0.25) is 0 Å². The maximum absolute atomic E-state index is 11.9. The van der Waals surface area contributed by atoms with Crippen LogP contribution in [0, 0.1) is 0 Å². The zero-order valence-corrected chi connectivity index (χ0v) is 15.8. The molecular formula is C16H37N2OP. The van der Waals surface area contributed by atoms with Crippen molar-refractivity contribution in [3.8, 4) is 0 Å². The zero-order chi connectivity index (χ0) is 15.7. The molecule has 0 aromatic heterocycles. The molecule has 0 bridgehead atoms. The second kappa shape index (κ2) is 7.05. The van der Waals surface area contributed by atoms with Crippen molar-refractivity contribution in [2.75, 3.05) is 0 Å². The summed E-state index contributed by atoms with van der Waals surface area (Å²) in [7, 11) is -2.61. The van der Waals surface area contributed by atoms with Crippen LogP contribution >= 0.6 is 7.79 Å². The Hall–Kier alpha value is 0.310. The minimum atomic E-state index is -2.61. The zero-order valence-electron chi connectivity index (χ0n) is 14.8. The summed E-state index contributed by atoms with van der Waals surface area (Å²) in [6.45, 7) is 17.9. The molecule has 0 aromatic rings. The van der Waals surface area contributed by atoms with E-state index in [1.54, 1.807) is 0 Å². The molecule has 122 valence electrons. The Kier molecular flexibility index (Phi) is 6.47. The van der Waals surface area contributed by atoms with Crippen LogP contribution in [0.3, 0.4) is 0 Å². The Bertz CT molecular complexity index is 265. The van der Waals surface area contributed by atoms with Crippen LogP contribution < -0.4 is 0 Å². The molecule has 1 aliphatic carbocycles. The summed E-state index contributed by atoms with van der Waals surface area (Å²) < 4.78 is 4.91. The van der Waals surface area contributed by atoms with E-state index in [0.717, 1.165) is 0 Å². The Balaban J connectivity index is 3.25. The third kappa shape index (κ3) is 3.38. The minimum absolute atomic E-state index is 0.396. The van der Waals surface area contributed by atoms with Gasteiger partial charge in [-0.1, -0.05) is 0 Å². The molecule has 1 aliphatic rings. The molecule has 0 spiro atoms. The molecule has 20 heavy (non-hydrogen) atoms. The van der Waals surface area contributed by atoms with Crippen molar-refractivity contribution in [2.45, 2.75) is 104 Å². The van der Waals surface area contributed by atoms with Gasteiger partial charge >= 0.3 is 127 Å². The molecule has 3 nitrogen and oxygen atoms in total. The van der Waals surface area contributed by atoms with Gasteiger partial charge in [0.25, 0.3) is 0 Å². The number of hydrogen-bond acceptors (Lipinski definition) is 3. The molecule has 4 heteroatoms. The second-order valence-electron chi connectivity index (χ2n) is 7.50. The molecule has 1 saturated carbocycles. The van der Waals surface area contributed by atoms with Crippen LogP contribution in [0.1, 0.15) is 74.7 Å². The van der Waals surface area contributed by atoms with E-state index in [4.69, 9.17) is 0 Å². The first kappa shape index (κ1) is 18.4. The normalized spacial score (nSPS) is 18.9. The summed E-state index contributed by atoms with van der Waals surface area (Å²) >= 11 is 0. The van der Waals surface area contributed by atoms with E-state index < -0.39 is 7.79 Å². The first-order valence-corrected chi connectivity index (χ1v) is 10.3. The molecular weight excluding hydrogens is 267 g/mol. The van der Waals surface area contributed by atoms with Crippen LogP contribution in [-0.2, 0) is 0 Å². The molecule has 0 aromatic carbocycles. The number of rotatable bonds is 7. The molecule has 0 radical (unpaired) electrons. The topological polar surface area (TPSA) is 26.7 Å². The van der Waals surface area contributed by atoms with Crippen molar-refractivity contribution >= 4 is 7.79 Å². The monoisotopic (exact) mass is 304 g/mol. The van der Waals surface area contributed by atoms with Gasteiger partial charge < -0.3 is 0 Å². The van der Waals surface area contributed by atoms with Crippen molar-refractivity contribution in [1.29, 1.82) is 0 Å². The van der Waals surface area contributed by atoms with Gasteiger partial charge in [0.1, 0.15) is 0 Å². The van der Waals surface area contributed by atoms with Crippen LogP contribution in [0.15, 0.2) is 0 Å². The Labute approximate surface area is 127 Å². The van der Waals surface area contributed by atoms with Gasteiger partial charge in [0.05, 0.1) is 0 Å². The van der Waals surface area contributed by atoms with Gasteiger partial charge in [0.15, 0.2) is 0 Å². The Morgan fingerprint density at radius 3 is 1.20 bits per heavy atom. The number of hydrogen-bond donors (Lipinski definition) is 1. The van der Waals surface area contributed by atoms with Gasteiger partial charge in [-0.15, -0.1) is 0 Å². The summed E-state index contributed by atoms with van der Waals surface area (Å²) in [5.74, 6) is 0. The van der Waals surface area contributed by atoms with Crippen molar-refractivity contribution in [3.05, 3.63) is 0 Å². The summed E-state index contributed by atoms with van der Waals surface area (Å²) in [6, 6.07) is 1.58. The van der Waals surface area contributed by atoms with Crippen LogP contribution in [0.5, 0.6) is 0 Å². The molecule has 0 aliphatic heterocycles. The van der Waals surface area contributed by atoms with Crippen LogP contribution in [0.2, 0.25) is 0 Å². The van der Waals surface area contributed by atoms with Gasteiger partial charge in [-0.3, -0.25) is 0 Å². The SMILES string of the molecule is CC(C)N(C(C)C)[PH](O)(C1CCC1)N(C(C)C)C(C)C. The van der Waals surface area contributed by atoms with Crippen molar-refractivity contribution in [1.82, 2.24) is 9.34 Å². The molecule has 0 amide bonds. The Morgan fingerprint density at radius 2 is 1.05 bits per heavy atom. The first-order valence-electron chi connectivity index (χ1n) is 8.43. The fourth-order valence-electron chi connectivity index (χ4n) is 4.06. The quantitative estimate of drug-likeness (QED) is 0.712. The summed E-state index contributed by atoms with van der Waals surface area (Å²) in [5, 5.41) is 0. The molecule has 0 unspecified atom stereocenters. The van der Waals surface area contributed by atoms with E-state index in [0.29, 0.717) is 29.8 Å². The fourth-order valence-corrected chi connectivity index (χ4v) is 9.40. The molecule has 1 N–H and O–H groups in total. The van der Waals surface area contributed by atoms with E-state index in [-0.39, 0.29) is 0 Å². The summed E-state index contributed by atoms with van der Waals surface area (Å²) in [4.78, 5) is 11.9. The van der Waals surface area contributed by atoms with Crippen molar-refractivity contribution in [2.24, 2.45) is 0 Å². The number of nitrogens with zero attached hydrogens (tertiary/aromatic N) is 2. The van der Waals surface area contributed by atoms with Gasteiger partial charge in [-0.2, -0.15) is 0 Å². The first-order chi connectivity index (χ1) is 9.13. The summed E-state index contributed by atoms with van der Waals surface area (Å²) in [6.07, 6.45) is 3.69. The third-order valence-corrected chi connectivity index (χ3v) is 9.90. The van der Waals surface area contributed by atoms with Gasteiger partial charge in [0, 0.05) is 0 Å². The van der Waals surface area contributed by atoms with Crippen LogP contribution in [-0.4, -0.2) is 44.1 Å². The average Bonchev–Trinajstić information content (AvgIpc) is 2.09. The van der Waals surface area contributed by atoms with Crippen LogP contribution in [0.25, 0.3) is 0 Å². The molecule has 0 heterocycles. The molecule has 0 atom stereocenters. The Morgan fingerprint density at radius 1 is 0.750 bits per heavy atom. The van der Waals surface area contributed by atoms with E-state index >= 15 is 0 Å². The molecule has 1 fully saturated rings. The molecule has 1 rings (SSSR count). The summed E-state index contributed by atoms with van der Waals surface area (Å²) in [5.41, 5.74) is 0.511. The molecule has 0 saturated heterocycles. The van der Waals surface area contributed by atoms with Gasteiger partial charge in [-0.25, -0.2) is 0 Å².